The van der Waals surface area contributed by atoms with E-state index < -0.39 is 0 Å². The lowest BCUT2D eigenvalue weighted by Gasteiger charge is -2.15. The molecule has 2 heteroatoms. The second-order valence-electron chi connectivity index (χ2n) is 4.66. The first kappa shape index (κ1) is 11.6. The molecule has 0 amide bonds. The average molecular weight is 219 g/mol. The lowest BCUT2D eigenvalue weighted by Crippen LogP contribution is -2.35. The lowest BCUT2D eigenvalue weighted by molar-refractivity contribution is 0.113. The van der Waals surface area contributed by atoms with Gasteiger partial charge >= 0.3 is 0 Å². The van der Waals surface area contributed by atoms with Crippen molar-refractivity contribution in [3.8, 4) is 0 Å². The predicted molar refractivity (Wildman–Crippen MR) is 66.7 cm³/mol. The highest BCUT2D eigenvalue weighted by atomic mass is 16.5. The summed E-state index contributed by atoms with van der Waals surface area (Å²) >= 11 is 0. The predicted octanol–water partition coefficient (Wildman–Crippen LogP) is 2.30. The van der Waals surface area contributed by atoms with Crippen molar-refractivity contribution in [2.75, 3.05) is 13.2 Å². The molecule has 88 valence electrons. The summed E-state index contributed by atoms with van der Waals surface area (Å²) in [4.78, 5) is 0. The van der Waals surface area contributed by atoms with Crippen molar-refractivity contribution in [2.45, 2.75) is 38.8 Å². The molecule has 0 spiro atoms. The standard InChI is InChI=1S/C14H21NO/c1-11-4-3-5-13(10-11)6-8-15-14-7-9-16-12(14)2/h3-5,10,12,14-15H,6-9H2,1-2H3. The van der Waals surface area contributed by atoms with Crippen LogP contribution in [0, 0.1) is 6.92 Å². The van der Waals surface area contributed by atoms with Gasteiger partial charge in [-0.1, -0.05) is 29.8 Å². The molecule has 0 radical (unpaired) electrons. The molecule has 1 aliphatic heterocycles. The van der Waals surface area contributed by atoms with Crippen LogP contribution in [0.25, 0.3) is 0 Å². The summed E-state index contributed by atoms with van der Waals surface area (Å²) < 4.78 is 5.52. The molecule has 1 N–H and O–H groups in total. The van der Waals surface area contributed by atoms with Crippen molar-refractivity contribution < 1.29 is 4.74 Å². The second kappa shape index (κ2) is 5.46. The molecule has 2 nitrogen and oxygen atoms in total. The summed E-state index contributed by atoms with van der Waals surface area (Å²) in [5.74, 6) is 0. The topological polar surface area (TPSA) is 21.3 Å². The molecule has 1 aromatic rings. The van der Waals surface area contributed by atoms with Crippen LogP contribution in [-0.2, 0) is 11.2 Å². The van der Waals surface area contributed by atoms with Gasteiger partial charge in [-0.05, 0) is 38.8 Å². The van der Waals surface area contributed by atoms with E-state index in [1.54, 1.807) is 0 Å². The van der Waals surface area contributed by atoms with E-state index in [0.29, 0.717) is 12.1 Å². The van der Waals surface area contributed by atoms with Gasteiger partial charge in [0, 0.05) is 12.6 Å². The van der Waals surface area contributed by atoms with E-state index >= 15 is 0 Å². The van der Waals surface area contributed by atoms with Crippen molar-refractivity contribution >= 4 is 0 Å². The minimum absolute atomic E-state index is 0.373. The molecule has 0 bridgehead atoms. The van der Waals surface area contributed by atoms with Gasteiger partial charge in [-0.2, -0.15) is 0 Å². The van der Waals surface area contributed by atoms with Gasteiger partial charge in [-0.3, -0.25) is 0 Å². The number of aryl methyl sites for hydroxylation is 1. The Bertz CT molecular complexity index is 337. The van der Waals surface area contributed by atoms with Gasteiger partial charge in [0.25, 0.3) is 0 Å². The molecule has 2 atom stereocenters. The van der Waals surface area contributed by atoms with E-state index in [-0.39, 0.29) is 0 Å². The van der Waals surface area contributed by atoms with Crippen molar-refractivity contribution in [3.63, 3.8) is 0 Å². The maximum Gasteiger partial charge on any atom is 0.0700 e. The molecule has 1 aromatic carbocycles. The van der Waals surface area contributed by atoms with Crippen LogP contribution >= 0.6 is 0 Å². The fourth-order valence-corrected chi connectivity index (χ4v) is 2.27. The van der Waals surface area contributed by atoms with Gasteiger partial charge in [0.15, 0.2) is 0 Å². The number of hydrogen-bond acceptors (Lipinski definition) is 2. The Hall–Kier alpha value is -0.860. The Morgan fingerprint density at radius 2 is 2.31 bits per heavy atom. The summed E-state index contributed by atoms with van der Waals surface area (Å²) in [6.07, 6.45) is 2.62. The largest absolute Gasteiger partial charge is 0.377 e. The molecule has 16 heavy (non-hydrogen) atoms. The van der Waals surface area contributed by atoms with E-state index in [2.05, 4.69) is 43.4 Å². The quantitative estimate of drug-likeness (QED) is 0.839. The Labute approximate surface area is 98.0 Å². The van der Waals surface area contributed by atoms with Crippen LogP contribution in [0.15, 0.2) is 24.3 Å². The third kappa shape index (κ3) is 3.06. The van der Waals surface area contributed by atoms with Gasteiger partial charge in [-0.15, -0.1) is 0 Å². The molecule has 2 unspecified atom stereocenters. The van der Waals surface area contributed by atoms with E-state index in [1.807, 2.05) is 0 Å². The number of benzene rings is 1. The van der Waals surface area contributed by atoms with E-state index in [4.69, 9.17) is 4.74 Å². The van der Waals surface area contributed by atoms with Gasteiger partial charge in [0.1, 0.15) is 0 Å². The molecular formula is C14H21NO. The van der Waals surface area contributed by atoms with Crippen LogP contribution in [0.4, 0.5) is 0 Å². The number of ether oxygens (including phenoxy) is 1. The van der Waals surface area contributed by atoms with E-state index in [9.17, 15) is 0 Å². The van der Waals surface area contributed by atoms with Crippen LogP contribution in [0.2, 0.25) is 0 Å². The van der Waals surface area contributed by atoms with Crippen LogP contribution in [-0.4, -0.2) is 25.3 Å². The van der Waals surface area contributed by atoms with Gasteiger partial charge in [0.05, 0.1) is 6.10 Å². The minimum Gasteiger partial charge on any atom is -0.377 e. The molecule has 0 aliphatic carbocycles. The lowest BCUT2D eigenvalue weighted by atomic mass is 10.1. The first-order valence-electron chi connectivity index (χ1n) is 6.16. The number of hydrogen-bond donors (Lipinski definition) is 1. The molecule has 1 saturated heterocycles. The maximum absolute atomic E-state index is 5.52. The third-order valence-corrected chi connectivity index (χ3v) is 3.28. The zero-order chi connectivity index (χ0) is 11.4. The first-order valence-corrected chi connectivity index (χ1v) is 6.16. The molecular weight excluding hydrogens is 198 g/mol. The first-order chi connectivity index (χ1) is 7.75. The summed E-state index contributed by atoms with van der Waals surface area (Å²) in [5, 5.41) is 3.57. The Kier molecular flexibility index (Phi) is 3.97. The monoisotopic (exact) mass is 219 g/mol. The summed E-state index contributed by atoms with van der Waals surface area (Å²) in [6, 6.07) is 9.28. The fourth-order valence-electron chi connectivity index (χ4n) is 2.27. The zero-order valence-corrected chi connectivity index (χ0v) is 10.2. The second-order valence-corrected chi connectivity index (χ2v) is 4.66. The highest BCUT2D eigenvalue weighted by Crippen LogP contribution is 2.12. The smallest absolute Gasteiger partial charge is 0.0700 e. The number of rotatable bonds is 4. The zero-order valence-electron chi connectivity index (χ0n) is 10.2. The normalized spacial score (nSPS) is 24.9. The summed E-state index contributed by atoms with van der Waals surface area (Å²) in [5.41, 5.74) is 2.76. The summed E-state index contributed by atoms with van der Waals surface area (Å²) in [7, 11) is 0. The summed E-state index contributed by atoms with van der Waals surface area (Å²) in [6.45, 7) is 6.24. The van der Waals surface area contributed by atoms with Gasteiger partial charge in [-0.25, -0.2) is 0 Å². The number of nitrogens with one attached hydrogen (secondary N) is 1. The van der Waals surface area contributed by atoms with Crippen LogP contribution in [0.1, 0.15) is 24.5 Å². The van der Waals surface area contributed by atoms with Crippen molar-refractivity contribution in [2.24, 2.45) is 0 Å². The van der Waals surface area contributed by atoms with E-state index in [0.717, 1.165) is 26.0 Å². The molecule has 0 saturated carbocycles. The van der Waals surface area contributed by atoms with Crippen molar-refractivity contribution in [1.82, 2.24) is 5.32 Å². The molecule has 2 rings (SSSR count). The highest BCUT2D eigenvalue weighted by molar-refractivity contribution is 5.22. The third-order valence-electron chi connectivity index (χ3n) is 3.28. The minimum atomic E-state index is 0.373. The van der Waals surface area contributed by atoms with Crippen LogP contribution in [0.5, 0.6) is 0 Å². The molecule has 1 heterocycles. The molecule has 0 aromatic heterocycles. The van der Waals surface area contributed by atoms with Gasteiger partial charge < -0.3 is 10.1 Å². The fraction of sp³-hybridized carbons (Fsp3) is 0.571. The maximum atomic E-state index is 5.52. The Balaban J connectivity index is 1.75. The van der Waals surface area contributed by atoms with Crippen LogP contribution in [0.3, 0.4) is 0 Å². The Morgan fingerprint density at radius 1 is 1.44 bits per heavy atom. The van der Waals surface area contributed by atoms with Gasteiger partial charge in [0.2, 0.25) is 0 Å². The molecule has 1 aliphatic rings. The van der Waals surface area contributed by atoms with Crippen molar-refractivity contribution in [3.05, 3.63) is 35.4 Å². The van der Waals surface area contributed by atoms with Crippen molar-refractivity contribution in [1.29, 1.82) is 0 Å². The highest BCUT2D eigenvalue weighted by Gasteiger charge is 2.22. The van der Waals surface area contributed by atoms with E-state index in [1.165, 1.54) is 11.1 Å². The van der Waals surface area contributed by atoms with Crippen LogP contribution < -0.4 is 5.32 Å². The average Bonchev–Trinajstić information content (AvgIpc) is 2.65. The Morgan fingerprint density at radius 3 is 3.00 bits per heavy atom. The molecule has 1 fully saturated rings. The SMILES string of the molecule is Cc1cccc(CCNC2CCOC2C)c1.